The van der Waals surface area contributed by atoms with Crippen molar-refractivity contribution >= 4 is 34.4 Å². The first-order chi connectivity index (χ1) is 18.7. The summed E-state index contributed by atoms with van der Waals surface area (Å²) >= 11 is 1.21. The van der Waals surface area contributed by atoms with Gasteiger partial charge in [-0.2, -0.15) is 0 Å². The average molecular weight is 544 g/mol. The zero-order valence-electron chi connectivity index (χ0n) is 22.7. The molecule has 1 N–H and O–H groups in total. The van der Waals surface area contributed by atoms with Crippen LogP contribution in [0.5, 0.6) is 5.75 Å². The number of aromatic nitrogens is 2. The highest BCUT2D eigenvalue weighted by molar-refractivity contribution is 7.99. The molecule has 8 heteroatoms. The Labute approximate surface area is 232 Å². The van der Waals surface area contributed by atoms with Gasteiger partial charge in [0.25, 0.3) is 11.5 Å². The SMILES string of the molecule is CCOc1ccc(C(=O)CSc2nc3cc(C(=O)NCC(C)C)ccc3c(=O)n2Cc2ccc(C)cc2)cc1. The van der Waals surface area contributed by atoms with Crippen molar-refractivity contribution < 1.29 is 14.3 Å². The van der Waals surface area contributed by atoms with E-state index in [2.05, 4.69) is 5.32 Å². The third-order valence-electron chi connectivity index (χ3n) is 6.13. The number of nitrogens with one attached hydrogen (secondary N) is 1. The molecule has 0 aliphatic carbocycles. The molecule has 0 aliphatic heterocycles. The van der Waals surface area contributed by atoms with E-state index in [9.17, 15) is 14.4 Å². The van der Waals surface area contributed by atoms with E-state index in [4.69, 9.17) is 9.72 Å². The Morgan fingerprint density at radius 1 is 1.00 bits per heavy atom. The van der Waals surface area contributed by atoms with Gasteiger partial charge in [0.05, 0.1) is 29.8 Å². The highest BCUT2D eigenvalue weighted by Gasteiger charge is 2.17. The van der Waals surface area contributed by atoms with Gasteiger partial charge in [0.1, 0.15) is 5.75 Å². The summed E-state index contributed by atoms with van der Waals surface area (Å²) in [7, 11) is 0. The number of hydrogen-bond donors (Lipinski definition) is 1. The number of benzene rings is 3. The van der Waals surface area contributed by atoms with Crippen LogP contribution in [0.4, 0.5) is 0 Å². The predicted molar refractivity (Wildman–Crippen MR) is 156 cm³/mol. The maximum atomic E-state index is 13.6. The van der Waals surface area contributed by atoms with Crippen LogP contribution < -0.4 is 15.6 Å². The standard InChI is InChI=1S/C31H33N3O4S/c1-5-38-25-13-10-23(11-14-25)28(35)19-39-31-33-27-16-24(29(36)32-17-20(2)3)12-15-26(27)30(37)34(31)18-22-8-6-21(4)7-9-22/h6-16,20H,5,17-19H2,1-4H3,(H,32,36). The second-order valence-electron chi connectivity index (χ2n) is 9.78. The minimum Gasteiger partial charge on any atom is -0.494 e. The van der Waals surface area contributed by atoms with Gasteiger partial charge in [0, 0.05) is 17.7 Å². The van der Waals surface area contributed by atoms with Crippen LogP contribution in [0.3, 0.4) is 0 Å². The molecule has 1 heterocycles. The number of ketones is 1. The van der Waals surface area contributed by atoms with Crippen LogP contribution in [-0.2, 0) is 6.54 Å². The molecule has 1 amide bonds. The normalized spacial score (nSPS) is 11.1. The molecule has 0 bridgehead atoms. The third kappa shape index (κ3) is 7.15. The van der Waals surface area contributed by atoms with E-state index >= 15 is 0 Å². The first-order valence-electron chi connectivity index (χ1n) is 13.0. The maximum absolute atomic E-state index is 13.6. The van der Waals surface area contributed by atoms with Crippen LogP contribution in [0.1, 0.15) is 52.6 Å². The molecule has 0 fully saturated rings. The topological polar surface area (TPSA) is 90.3 Å². The quantitative estimate of drug-likeness (QED) is 0.152. The van der Waals surface area contributed by atoms with Crippen LogP contribution in [0.2, 0.25) is 0 Å². The number of Topliss-reactive ketones (excluding diaryl/α,β-unsaturated/α-hetero) is 1. The molecule has 0 unspecified atom stereocenters. The van der Waals surface area contributed by atoms with E-state index in [1.54, 1.807) is 47.0 Å². The van der Waals surface area contributed by atoms with Gasteiger partial charge in [-0.25, -0.2) is 4.98 Å². The van der Waals surface area contributed by atoms with E-state index in [1.165, 1.54) is 11.8 Å². The molecule has 3 aromatic carbocycles. The Hall–Kier alpha value is -3.91. The maximum Gasteiger partial charge on any atom is 0.262 e. The highest BCUT2D eigenvalue weighted by Crippen LogP contribution is 2.22. The smallest absolute Gasteiger partial charge is 0.262 e. The van der Waals surface area contributed by atoms with Crippen molar-refractivity contribution in [2.75, 3.05) is 18.9 Å². The molecule has 0 spiro atoms. The van der Waals surface area contributed by atoms with Gasteiger partial charge in [0.15, 0.2) is 10.9 Å². The summed E-state index contributed by atoms with van der Waals surface area (Å²) in [6, 6.07) is 19.9. The van der Waals surface area contributed by atoms with Crippen molar-refractivity contribution in [1.29, 1.82) is 0 Å². The van der Waals surface area contributed by atoms with E-state index in [1.807, 2.05) is 52.0 Å². The number of aryl methyl sites for hydroxylation is 1. The monoisotopic (exact) mass is 543 g/mol. The van der Waals surface area contributed by atoms with Crippen molar-refractivity contribution in [2.45, 2.75) is 39.4 Å². The van der Waals surface area contributed by atoms with Gasteiger partial charge in [0.2, 0.25) is 0 Å². The van der Waals surface area contributed by atoms with Crippen molar-refractivity contribution in [1.82, 2.24) is 14.9 Å². The summed E-state index contributed by atoms with van der Waals surface area (Å²) in [5.41, 5.74) is 3.28. The minimum absolute atomic E-state index is 0.0823. The van der Waals surface area contributed by atoms with Crippen LogP contribution in [0, 0.1) is 12.8 Å². The van der Waals surface area contributed by atoms with Gasteiger partial charge < -0.3 is 10.1 Å². The van der Waals surface area contributed by atoms with Gasteiger partial charge in [-0.15, -0.1) is 0 Å². The summed E-state index contributed by atoms with van der Waals surface area (Å²) in [6.07, 6.45) is 0. The summed E-state index contributed by atoms with van der Waals surface area (Å²) in [5.74, 6) is 0.835. The Kier molecular flexibility index (Phi) is 9.19. The molecule has 0 saturated carbocycles. The molecule has 0 aliphatic rings. The summed E-state index contributed by atoms with van der Waals surface area (Å²) in [4.78, 5) is 44.0. The molecule has 4 rings (SSSR count). The second kappa shape index (κ2) is 12.8. The number of thioether (sulfide) groups is 1. The van der Waals surface area contributed by atoms with Crippen molar-refractivity contribution in [3.05, 3.63) is 99.3 Å². The van der Waals surface area contributed by atoms with E-state index in [0.29, 0.717) is 58.6 Å². The predicted octanol–water partition coefficient (Wildman–Crippen LogP) is 5.51. The molecule has 202 valence electrons. The summed E-state index contributed by atoms with van der Waals surface area (Å²) in [6.45, 7) is 9.39. The molecule has 1 aromatic heterocycles. The highest BCUT2D eigenvalue weighted by atomic mass is 32.2. The van der Waals surface area contributed by atoms with Crippen LogP contribution in [0.25, 0.3) is 10.9 Å². The number of carbonyl (C=O) groups is 2. The number of ether oxygens (including phenoxy) is 1. The molecule has 4 aromatic rings. The Morgan fingerprint density at radius 2 is 1.69 bits per heavy atom. The number of amides is 1. The molecule has 39 heavy (non-hydrogen) atoms. The first-order valence-corrected chi connectivity index (χ1v) is 14.0. The van der Waals surface area contributed by atoms with Gasteiger partial charge in [-0.05, 0) is 67.8 Å². The first kappa shape index (κ1) is 28.1. The third-order valence-corrected chi connectivity index (χ3v) is 7.11. The van der Waals surface area contributed by atoms with Gasteiger partial charge in [-0.3, -0.25) is 19.0 Å². The second-order valence-corrected chi connectivity index (χ2v) is 10.7. The lowest BCUT2D eigenvalue weighted by molar-refractivity contribution is 0.0948. The van der Waals surface area contributed by atoms with Crippen molar-refractivity contribution in [3.8, 4) is 5.75 Å². The number of hydrogen-bond acceptors (Lipinski definition) is 6. The minimum atomic E-state index is -0.217. The Balaban J connectivity index is 1.67. The number of rotatable bonds is 11. The van der Waals surface area contributed by atoms with Crippen LogP contribution >= 0.6 is 11.8 Å². The Bertz CT molecular complexity index is 1530. The lowest BCUT2D eigenvalue weighted by Crippen LogP contribution is -2.28. The fourth-order valence-electron chi connectivity index (χ4n) is 3.98. The largest absolute Gasteiger partial charge is 0.494 e. The van der Waals surface area contributed by atoms with E-state index < -0.39 is 0 Å². The van der Waals surface area contributed by atoms with Gasteiger partial charge in [-0.1, -0.05) is 55.4 Å². The molecule has 0 saturated heterocycles. The zero-order valence-corrected chi connectivity index (χ0v) is 23.5. The molecule has 0 radical (unpaired) electrons. The van der Waals surface area contributed by atoms with E-state index in [-0.39, 0.29) is 23.0 Å². The summed E-state index contributed by atoms with van der Waals surface area (Å²) in [5, 5.41) is 3.75. The lowest BCUT2D eigenvalue weighted by atomic mass is 10.1. The van der Waals surface area contributed by atoms with Crippen LogP contribution in [0.15, 0.2) is 76.7 Å². The van der Waals surface area contributed by atoms with Crippen LogP contribution in [-0.4, -0.2) is 40.1 Å². The fourth-order valence-corrected chi connectivity index (χ4v) is 4.88. The van der Waals surface area contributed by atoms with E-state index in [0.717, 1.165) is 11.1 Å². The molecule has 0 atom stereocenters. The lowest BCUT2D eigenvalue weighted by Gasteiger charge is -2.14. The number of fused-ring (bicyclic) bond motifs is 1. The van der Waals surface area contributed by atoms with Gasteiger partial charge >= 0.3 is 0 Å². The summed E-state index contributed by atoms with van der Waals surface area (Å²) < 4.78 is 7.06. The number of nitrogens with zero attached hydrogens (tertiary/aromatic N) is 2. The molecular formula is C31H33N3O4S. The molecule has 7 nitrogen and oxygen atoms in total. The Morgan fingerprint density at radius 3 is 2.36 bits per heavy atom. The average Bonchev–Trinajstić information content (AvgIpc) is 2.93. The molecular weight excluding hydrogens is 510 g/mol. The van der Waals surface area contributed by atoms with Crippen molar-refractivity contribution in [2.24, 2.45) is 5.92 Å². The number of carbonyl (C=O) groups excluding carboxylic acids is 2. The van der Waals surface area contributed by atoms with Crippen molar-refractivity contribution in [3.63, 3.8) is 0 Å². The fraction of sp³-hybridized carbons (Fsp3) is 0.290. The zero-order chi connectivity index (χ0) is 27.9.